The molecule has 0 radical (unpaired) electrons. The van der Waals surface area contributed by atoms with Gasteiger partial charge in [-0.25, -0.2) is 0 Å². The lowest BCUT2D eigenvalue weighted by atomic mass is 9.90. The predicted octanol–water partition coefficient (Wildman–Crippen LogP) is 3.24. The van der Waals surface area contributed by atoms with E-state index in [1.807, 2.05) is 12.1 Å². The molecule has 0 aliphatic carbocycles. The summed E-state index contributed by atoms with van der Waals surface area (Å²) in [6.07, 6.45) is 0.0372. The molecule has 0 bridgehead atoms. The van der Waals surface area contributed by atoms with Crippen LogP contribution in [0.25, 0.3) is 10.4 Å². The van der Waals surface area contributed by atoms with E-state index in [0.29, 0.717) is 19.1 Å². The van der Waals surface area contributed by atoms with Crippen molar-refractivity contribution in [1.29, 1.82) is 0 Å². The zero-order chi connectivity index (χ0) is 10.7. The molecule has 1 heterocycles. The molecular formula is C10H10BrN3O. The van der Waals surface area contributed by atoms with Gasteiger partial charge in [0.15, 0.2) is 0 Å². The summed E-state index contributed by atoms with van der Waals surface area (Å²) in [5.74, 6) is 0.355. The first kappa shape index (κ1) is 10.5. The lowest BCUT2D eigenvalue weighted by Crippen LogP contribution is -2.39. The van der Waals surface area contributed by atoms with Gasteiger partial charge in [-0.05, 0) is 23.2 Å². The van der Waals surface area contributed by atoms with Crippen molar-refractivity contribution in [2.45, 2.75) is 12.0 Å². The molecule has 1 aliphatic rings. The molecule has 78 valence electrons. The lowest BCUT2D eigenvalue weighted by molar-refractivity contribution is -0.0699. The van der Waals surface area contributed by atoms with E-state index in [2.05, 4.69) is 38.1 Å². The maximum Gasteiger partial charge on any atom is 0.0722 e. The van der Waals surface area contributed by atoms with E-state index < -0.39 is 0 Å². The van der Waals surface area contributed by atoms with E-state index in [0.717, 1.165) is 4.47 Å². The average molecular weight is 268 g/mol. The highest BCUT2D eigenvalue weighted by Crippen LogP contribution is 2.32. The minimum atomic E-state index is 0.0372. The van der Waals surface area contributed by atoms with Crippen LogP contribution in [0.5, 0.6) is 0 Å². The second-order valence-electron chi connectivity index (χ2n) is 3.45. The maximum atomic E-state index is 8.23. The van der Waals surface area contributed by atoms with E-state index in [-0.39, 0.29) is 6.10 Å². The SMILES string of the molecule is [N-]=[N+]=NCC1OCC1c1cccc(Br)c1. The topological polar surface area (TPSA) is 58.0 Å². The highest BCUT2D eigenvalue weighted by molar-refractivity contribution is 9.10. The monoisotopic (exact) mass is 267 g/mol. The fourth-order valence-electron chi connectivity index (χ4n) is 1.67. The Morgan fingerprint density at radius 2 is 2.47 bits per heavy atom. The van der Waals surface area contributed by atoms with Gasteiger partial charge in [-0.3, -0.25) is 0 Å². The number of halogens is 1. The third kappa shape index (κ3) is 2.31. The highest BCUT2D eigenvalue weighted by Gasteiger charge is 2.32. The molecule has 0 spiro atoms. The molecule has 4 nitrogen and oxygen atoms in total. The molecule has 0 amide bonds. The summed E-state index contributed by atoms with van der Waals surface area (Å²) < 4.78 is 6.42. The van der Waals surface area contributed by atoms with Crippen molar-refractivity contribution in [3.05, 3.63) is 44.7 Å². The Morgan fingerprint density at radius 1 is 1.60 bits per heavy atom. The quantitative estimate of drug-likeness (QED) is 0.471. The Kier molecular flexibility index (Phi) is 3.26. The van der Waals surface area contributed by atoms with Crippen LogP contribution in [0.15, 0.2) is 33.9 Å². The van der Waals surface area contributed by atoms with Gasteiger partial charge in [0.05, 0.1) is 19.3 Å². The van der Waals surface area contributed by atoms with Crippen LogP contribution in [0.1, 0.15) is 11.5 Å². The van der Waals surface area contributed by atoms with Gasteiger partial charge in [0.2, 0.25) is 0 Å². The van der Waals surface area contributed by atoms with Gasteiger partial charge < -0.3 is 4.74 Å². The first-order valence-corrected chi connectivity index (χ1v) is 5.48. The number of azide groups is 1. The predicted molar refractivity (Wildman–Crippen MR) is 60.6 cm³/mol. The van der Waals surface area contributed by atoms with Gasteiger partial charge in [-0.2, -0.15) is 0 Å². The molecule has 0 aromatic heterocycles. The molecule has 0 N–H and O–H groups in total. The van der Waals surface area contributed by atoms with Gasteiger partial charge in [0.1, 0.15) is 0 Å². The minimum Gasteiger partial charge on any atom is -0.377 e. The third-order valence-corrected chi connectivity index (χ3v) is 3.03. The second kappa shape index (κ2) is 4.66. The fourth-order valence-corrected chi connectivity index (χ4v) is 2.09. The molecule has 0 saturated carbocycles. The Labute approximate surface area is 96.0 Å². The summed E-state index contributed by atoms with van der Waals surface area (Å²) in [5.41, 5.74) is 9.46. The van der Waals surface area contributed by atoms with Crippen molar-refractivity contribution in [2.75, 3.05) is 13.2 Å². The van der Waals surface area contributed by atoms with Crippen LogP contribution >= 0.6 is 15.9 Å². The van der Waals surface area contributed by atoms with Crippen molar-refractivity contribution in [3.8, 4) is 0 Å². The largest absolute Gasteiger partial charge is 0.377 e. The van der Waals surface area contributed by atoms with E-state index >= 15 is 0 Å². The van der Waals surface area contributed by atoms with E-state index in [1.54, 1.807) is 0 Å². The van der Waals surface area contributed by atoms with Crippen LogP contribution in [0, 0.1) is 0 Å². The summed E-state index contributed by atoms with van der Waals surface area (Å²) >= 11 is 3.43. The van der Waals surface area contributed by atoms with Crippen LogP contribution in [-0.4, -0.2) is 19.3 Å². The Balaban J connectivity index is 2.08. The Hall–Kier alpha value is -1.03. The van der Waals surface area contributed by atoms with Crippen molar-refractivity contribution in [3.63, 3.8) is 0 Å². The fraction of sp³-hybridized carbons (Fsp3) is 0.400. The van der Waals surface area contributed by atoms with Crippen LogP contribution in [-0.2, 0) is 4.74 Å². The lowest BCUT2D eigenvalue weighted by Gasteiger charge is -2.36. The molecule has 2 rings (SSSR count). The van der Waals surface area contributed by atoms with E-state index in [4.69, 9.17) is 10.3 Å². The molecule has 1 aromatic carbocycles. The molecule has 1 fully saturated rings. The van der Waals surface area contributed by atoms with Gasteiger partial charge in [0.25, 0.3) is 0 Å². The highest BCUT2D eigenvalue weighted by atomic mass is 79.9. The third-order valence-electron chi connectivity index (χ3n) is 2.54. The molecule has 1 saturated heterocycles. The number of benzene rings is 1. The molecular weight excluding hydrogens is 258 g/mol. The molecule has 2 unspecified atom stereocenters. The van der Waals surface area contributed by atoms with E-state index in [1.165, 1.54) is 5.56 Å². The molecule has 1 aromatic rings. The number of nitrogens with zero attached hydrogens (tertiary/aromatic N) is 3. The summed E-state index contributed by atoms with van der Waals surface area (Å²) in [6, 6.07) is 8.14. The zero-order valence-electron chi connectivity index (χ0n) is 8.01. The van der Waals surface area contributed by atoms with Crippen LogP contribution in [0.2, 0.25) is 0 Å². The minimum absolute atomic E-state index is 0.0372. The van der Waals surface area contributed by atoms with Crippen LogP contribution in [0.3, 0.4) is 0 Å². The maximum absolute atomic E-state index is 8.23. The molecule has 5 heteroatoms. The first-order chi connectivity index (χ1) is 7.31. The second-order valence-corrected chi connectivity index (χ2v) is 4.36. The normalized spacial score (nSPS) is 24.1. The van der Waals surface area contributed by atoms with Gasteiger partial charge in [-0.1, -0.05) is 33.2 Å². The Morgan fingerprint density at radius 3 is 3.07 bits per heavy atom. The summed E-state index contributed by atoms with van der Waals surface area (Å²) in [4.78, 5) is 2.74. The smallest absolute Gasteiger partial charge is 0.0722 e. The van der Waals surface area contributed by atoms with Gasteiger partial charge >= 0.3 is 0 Å². The number of hydrogen-bond acceptors (Lipinski definition) is 2. The van der Waals surface area contributed by atoms with Crippen molar-refractivity contribution >= 4 is 15.9 Å². The summed E-state index contributed by atoms with van der Waals surface area (Å²) in [7, 11) is 0. The average Bonchev–Trinajstić information content (AvgIpc) is 2.17. The van der Waals surface area contributed by atoms with Crippen LogP contribution < -0.4 is 0 Å². The van der Waals surface area contributed by atoms with E-state index in [9.17, 15) is 0 Å². The van der Waals surface area contributed by atoms with Crippen molar-refractivity contribution in [2.24, 2.45) is 5.11 Å². The summed E-state index contributed by atoms with van der Waals surface area (Å²) in [5, 5.41) is 3.54. The van der Waals surface area contributed by atoms with Gasteiger partial charge in [-0.15, -0.1) is 0 Å². The molecule has 2 atom stereocenters. The van der Waals surface area contributed by atoms with Crippen molar-refractivity contribution < 1.29 is 4.74 Å². The molecule has 15 heavy (non-hydrogen) atoms. The van der Waals surface area contributed by atoms with Crippen molar-refractivity contribution in [1.82, 2.24) is 0 Å². The zero-order valence-corrected chi connectivity index (χ0v) is 9.59. The number of rotatable bonds is 3. The van der Waals surface area contributed by atoms with Gasteiger partial charge in [0, 0.05) is 15.3 Å². The number of ether oxygens (including phenoxy) is 1. The van der Waals surface area contributed by atoms with Crippen LogP contribution in [0.4, 0.5) is 0 Å². The molecule has 1 aliphatic heterocycles. The Bertz CT molecular complexity index is 403. The standard InChI is InChI=1S/C10H10BrN3O/c11-8-3-1-2-7(4-8)9-6-15-10(9)5-13-14-12/h1-4,9-10H,5-6H2. The summed E-state index contributed by atoms with van der Waals surface area (Å²) in [6.45, 7) is 1.12. The number of hydrogen-bond donors (Lipinski definition) is 0. The first-order valence-electron chi connectivity index (χ1n) is 4.69.